The molecule has 3 nitrogen and oxygen atoms in total. The number of allylic oxidation sites excluding steroid dienone is 2. The molecule has 0 heterocycles. The van der Waals surface area contributed by atoms with E-state index in [-0.39, 0.29) is 23.8 Å². The van der Waals surface area contributed by atoms with E-state index in [1.54, 1.807) is 0 Å². The summed E-state index contributed by atoms with van der Waals surface area (Å²) in [5.74, 6) is -0.195. The molecule has 2 atom stereocenters. The van der Waals surface area contributed by atoms with Gasteiger partial charge in [0, 0.05) is 13.3 Å². The van der Waals surface area contributed by atoms with Crippen molar-refractivity contribution in [1.29, 1.82) is 0 Å². The first-order chi connectivity index (χ1) is 7.00. The highest BCUT2D eigenvalue weighted by Gasteiger charge is 2.35. The van der Waals surface area contributed by atoms with Crippen LogP contribution < -0.4 is 0 Å². The van der Waals surface area contributed by atoms with Crippen LogP contribution in [0.25, 0.3) is 0 Å². The number of ether oxygens (including phenoxy) is 1. The zero-order valence-corrected chi connectivity index (χ0v) is 9.58. The van der Waals surface area contributed by atoms with Gasteiger partial charge in [-0.05, 0) is 26.7 Å². The van der Waals surface area contributed by atoms with Crippen molar-refractivity contribution in [2.24, 2.45) is 5.92 Å². The second-order valence-electron chi connectivity index (χ2n) is 4.28. The Balaban J connectivity index is 2.60. The molecule has 0 bridgehead atoms. The molecule has 0 spiro atoms. The van der Waals surface area contributed by atoms with Crippen molar-refractivity contribution in [3.63, 3.8) is 0 Å². The molecule has 1 fully saturated rings. The van der Waals surface area contributed by atoms with E-state index in [2.05, 4.69) is 0 Å². The highest BCUT2D eigenvalue weighted by Crippen LogP contribution is 2.28. The Morgan fingerprint density at radius 1 is 1.47 bits per heavy atom. The minimum Gasteiger partial charge on any atom is -0.462 e. The molecule has 0 aromatic heterocycles. The highest BCUT2D eigenvalue weighted by atomic mass is 16.5. The predicted octanol–water partition coefficient (Wildman–Crippen LogP) is 2.25. The van der Waals surface area contributed by atoms with Gasteiger partial charge in [0.05, 0.1) is 5.92 Å². The summed E-state index contributed by atoms with van der Waals surface area (Å²) in [6.45, 7) is 5.39. The van der Waals surface area contributed by atoms with Crippen LogP contribution in [0.3, 0.4) is 0 Å². The molecule has 1 rings (SSSR count). The lowest BCUT2D eigenvalue weighted by Crippen LogP contribution is -2.24. The van der Waals surface area contributed by atoms with E-state index in [0.29, 0.717) is 19.3 Å². The maximum Gasteiger partial charge on any atom is 0.302 e. The summed E-state index contributed by atoms with van der Waals surface area (Å²) in [7, 11) is 0. The summed E-state index contributed by atoms with van der Waals surface area (Å²) < 4.78 is 5.14. The zero-order valence-electron chi connectivity index (χ0n) is 9.58. The first-order valence-corrected chi connectivity index (χ1v) is 5.34. The summed E-state index contributed by atoms with van der Waals surface area (Å²) in [6.07, 6.45) is 3.74. The van der Waals surface area contributed by atoms with Crippen LogP contribution in [0.2, 0.25) is 0 Å². The van der Waals surface area contributed by atoms with E-state index in [1.165, 1.54) is 12.5 Å². The minimum atomic E-state index is -0.295. The Hall–Kier alpha value is -1.12. The van der Waals surface area contributed by atoms with Gasteiger partial charge in [-0.3, -0.25) is 9.59 Å². The second-order valence-corrected chi connectivity index (χ2v) is 4.28. The molecule has 84 valence electrons. The SMILES string of the molecule is CC(=O)OC1CCC(=O)C1CC=C(C)C. The molecular weight excluding hydrogens is 192 g/mol. The molecule has 0 saturated heterocycles. The topological polar surface area (TPSA) is 43.4 Å². The van der Waals surface area contributed by atoms with Gasteiger partial charge in [-0.25, -0.2) is 0 Å². The van der Waals surface area contributed by atoms with Crippen LogP contribution in [0.4, 0.5) is 0 Å². The van der Waals surface area contributed by atoms with Crippen LogP contribution in [0.15, 0.2) is 11.6 Å². The number of esters is 1. The lowest BCUT2D eigenvalue weighted by molar-refractivity contribution is -0.148. The van der Waals surface area contributed by atoms with Crippen molar-refractivity contribution >= 4 is 11.8 Å². The molecule has 0 N–H and O–H groups in total. The zero-order chi connectivity index (χ0) is 11.4. The average molecular weight is 210 g/mol. The van der Waals surface area contributed by atoms with Gasteiger partial charge in [0.2, 0.25) is 0 Å². The van der Waals surface area contributed by atoms with Gasteiger partial charge in [0.15, 0.2) is 0 Å². The molecule has 1 saturated carbocycles. The van der Waals surface area contributed by atoms with Gasteiger partial charge in [-0.1, -0.05) is 11.6 Å². The van der Waals surface area contributed by atoms with Gasteiger partial charge < -0.3 is 4.74 Å². The van der Waals surface area contributed by atoms with Crippen LogP contribution in [-0.2, 0) is 14.3 Å². The van der Waals surface area contributed by atoms with Crippen molar-refractivity contribution < 1.29 is 14.3 Å². The minimum absolute atomic E-state index is 0.121. The summed E-state index contributed by atoms with van der Waals surface area (Å²) >= 11 is 0. The molecule has 1 aliphatic carbocycles. The normalized spacial score (nSPS) is 25.1. The third-order valence-electron chi connectivity index (χ3n) is 2.63. The van der Waals surface area contributed by atoms with Crippen LogP contribution in [0.1, 0.15) is 40.0 Å². The summed E-state index contributed by atoms with van der Waals surface area (Å²) in [5, 5.41) is 0. The second kappa shape index (κ2) is 5.10. The number of hydrogen-bond donors (Lipinski definition) is 0. The quantitative estimate of drug-likeness (QED) is 0.530. The lowest BCUT2D eigenvalue weighted by atomic mass is 9.99. The van der Waals surface area contributed by atoms with E-state index in [1.807, 2.05) is 19.9 Å². The number of hydrogen-bond acceptors (Lipinski definition) is 3. The molecule has 0 aromatic carbocycles. The first kappa shape index (κ1) is 12.0. The smallest absolute Gasteiger partial charge is 0.302 e. The Morgan fingerprint density at radius 2 is 2.13 bits per heavy atom. The predicted molar refractivity (Wildman–Crippen MR) is 57.3 cm³/mol. The van der Waals surface area contributed by atoms with Crippen molar-refractivity contribution in [3.8, 4) is 0 Å². The molecular formula is C12H18O3. The summed E-state index contributed by atoms with van der Waals surface area (Å²) in [4.78, 5) is 22.4. The summed E-state index contributed by atoms with van der Waals surface area (Å²) in [5.41, 5.74) is 1.19. The van der Waals surface area contributed by atoms with E-state index < -0.39 is 0 Å². The fraction of sp³-hybridized carbons (Fsp3) is 0.667. The van der Waals surface area contributed by atoms with E-state index >= 15 is 0 Å². The highest BCUT2D eigenvalue weighted by molar-refractivity contribution is 5.84. The molecule has 0 aromatic rings. The number of Topliss-reactive ketones (excluding diaryl/α,β-unsaturated/α-hetero) is 1. The Morgan fingerprint density at radius 3 is 2.67 bits per heavy atom. The molecule has 15 heavy (non-hydrogen) atoms. The number of rotatable bonds is 3. The largest absolute Gasteiger partial charge is 0.462 e. The van der Waals surface area contributed by atoms with Gasteiger partial charge in [0.25, 0.3) is 0 Å². The standard InChI is InChI=1S/C12H18O3/c1-8(2)4-5-10-11(14)6-7-12(10)15-9(3)13/h4,10,12H,5-7H2,1-3H3. The first-order valence-electron chi connectivity index (χ1n) is 5.34. The van der Waals surface area contributed by atoms with Gasteiger partial charge in [-0.2, -0.15) is 0 Å². The van der Waals surface area contributed by atoms with E-state index in [9.17, 15) is 9.59 Å². The third-order valence-corrected chi connectivity index (χ3v) is 2.63. The van der Waals surface area contributed by atoms with Gasteiger partial charge >= 0.3 is 5.97 Å². The fourth-order valence-electron chi connectivity index (χ4n) is 1.88. The number of carbonyl (C=O) groups is 2. The van der Waals surface area contributed by atoms with Gasteiger partial charge in [-0.15, -0.1) is 0 Å². The Bertz CT molecular complexity index is 287. The van der Waals surface area contributed by atoms with Crippen LogP contribution in [0.5, 0.6) is 0 Å². The Labute approximate surface area is 90.5 Å². The molecule has 0 aliphatic heterocycles. The van der Waals surface area contributed by atoms with Crippen molar-refractivity contribution in [1.82, 2.24) is 0 Å². The maximum absolute atomic E-state index is 11.6. The van der Waals surface area contributed by atoms with Gasteiger partial charge in [0.1, 0.15) is 11.9 Å². The number of ketones is 1. The van der Waals surface area contributed by atoms with Crippen LogP contribution in [-0.4, -0.2) is 17.9 Å². The fourth-order valence-corrected chi connectivity index (χ4v) is 1.88. The molecule has 0 amide bonds. The van der Waals surface area contributed by atoms with Crippen molar-refractivity contribution in [2.75, 3.05) is 0 Å². The molecule has 1 aliphatic rings. The molecule has 0 radical (unpaired) electrons. The van der Waals surface area contributed by atoms with E-state index in [4.69, 9.17) is 4.74 Å². The van der Waals surface area contributed by atoms with E-state index in [0.717, 1.165) is 0 Å². The number of carbonyl (C=O) groups excluding carboxylic acids is 2. The van der Waals surface area contributed by atoms with Crippen LogP contribution in [0, 0.1) is 5.92 Å². The lowest BCUT2D eigenvalue weighted by Gasteiger charge is -2.16. The summed E-state index contributed by atoms with van der Waals surface area (Å²) in [6, 6.07) is 0. The molecule has 3 heteroatoms. The van der Waals surface area contributed by atoms with Crippen molar-refractivity contribution in [3.05, 3.63) is 11.6 Å². The maximum atomic E-state index is 11.6. The van der Waals surface area contributed by atoms with Crippen molar-refractivity contribution in [2.45, 2.75) is 46.1 Å². The monoisotopic (exact) mass is 210 g/mol. The average Bonchev–Trinajstić information content (AvgIpc) is 2.43. The molecule has 2 unspecified atom stereocenters. The Kier molecular flexibility index (Phi) is 4.06. The van der Waals surface area contributed by atoms with Crippen LogP contribution >= 0.6 is 0 Å². The third kappa shape index (κ3) is 3.50.